The predicted molar refractivity (Wildman–Crippen MR) is 53.0 cm³/mol. The summed E-state index contributed by atoms with van der Waals surface area (Å²) in [6.07, 6.45) is 2.82. The Hall–Kier alpha value is -1.62. The first-order chi connectivity index (χ1) is 7.25. The summed E-state index contributed by atoms with van der Waals surface area (Å²) in [5.74, 6) is -0.353. The second kappa shape index (κ2) is 4.27. The highest BCUT2D eigenvalue weighted by Gasteiger charge is 2.04. The van der Waals surface area contributed by atoms with E-state index in [0.717, 1.165) is 0 Å². The number of halogens is 2. The summed E-state index contributed by atoms with van der Waals surface area (Å²) < 4.78 is 17.9. The number of anilines is 1. The van der Waals surface area contributed by atoms with Crippen molar-refractivity contribution in [1.29, 1.82) is 0 Å². The van der Waals surface area contributed by atoms with Gasteiger partial charge >= 0.3 is 0 Å². The van der Waals surface area contributed by atoms with Crippen molar-refractivity contribution in [1.82, 2.24) is 10.1 Å². The van der Waals surface area contributed by atoms with Gasteiger partial charge in [-0.05, 0) is 6.07 Å². The van der Waals surface area contributed by atoms with Crippen LogP contribution in [0.5, 0.6) is 0 Å². The zero-order chi connectivity index (χ0) is 10.7. The Morgan fingerprint density at radius 3 is 3.07 bits per heavy atom. The van der Waals surface area contributed by atoms with E-state index >= 15 is 0 Å². The van der Waals surface area contributed by atoms with Gasteiger partial charge in [0.1, 0.15) is 12.0 Å². The van der Waals surface area contributed by atoms with Crippen LogP contribution in [0.3, 0.4) is 0 Å². The lowest BCUT2D eigenvalue weighted by molar-refractivity contribution is 0.412. The second-order valence-electron chi connectivity index (χ2n) is 2.83. The van der Waals surface area contributed by atoms with Crippen LogP contribution in [0, 0.1) is 5.82 Å². The molecule has 0 bridgehead atoms. The largest absolute Gasteiger partial charge is 0.364 e. The van der Waals surface area contributed by atoms with Crippen molar-refractivity contribution >= 4 is 17.4 Å². The molecule has 0 radical (unpaired) electrons. The van der Waals surface area contributed by atoms with E-state index in [4.69, 9.17) is 11.6 Å². The van der Waals surface area contributed by atoms with Gasteiger partial charge in [0, 0.05) is 12.3 Å². The molecule has 0 saturated carbocycles. The van der Waals surface area contributed by atoms with E-state index in [2.05, 4.69) is 20.0 Å². The maximum Gasteiger partial charge on any atom is 0.166 e. The minimum Gasteiger partial charge on any atom is -0.364 e. The van der Waals surface area contributed by atoms with E-state index in [0.29, 0.717) is 12.2 Å². The fourth-order valence-corrected chi connectivity index (χ4v) is 1.19. The molecule has 78 valence electrons. The van der Waals surface area contributed by atoms with E-state index in [9.17, 15) is 4.39 Å². The molecular formula is C9H7ClFN3O. The van der Waals surface area contributed by atoms with Crippen molar-refractivity contribution in [2.75, 3.05) is 5.32 Å². The Morgan fingerprint density at radius 1 is 1.53 bits per heavy atom. The van der Waals surface area contributed by atoms with Gasteiger partial charge in [-0.3, -0.25) is 0 Å². The lowest BCUT2D eigenvalue weighted by Gasteiger charge is -2.03. The average Bonchev–Trinajstić information content (AvgIpc) is 2.69. The highest BCUT2D eigenvalue weighted by molar-refractivity contribution is 6.30. The molecule has 0 saturated heterocycles. The van der Waals surface area contributed by atoms with Crippen LogP contribution >= 0.6 is 11.6 Å². The van der Waals surface area contributed by atoms with Gasteiger partial charge in [-0.25, -0.2) is 9.37 Å². The molecule has 0 aliphatic rings. The van der Waals surface area contributed by atoms with Crippen LogP contribution in [-0.4, -0.2) is 10.1 Å². The van der Waals surface area contributed by atoms with Gasteiger partial charge in [-0.2, -0.15) is 0 Å². The monoisotopic (exact) mass is 227 g/mol. The maximum absolute atomic E-state index is 13.2. The topological polar surface area (TPSA) is 51.0 Å². The molecule has 2 rings (SSSR count). The number of rotatable bonds is 3. The fraction of sp³-hybridized carbons (Fsp3) is 0.111. The molecule has 0 aliphatic carbocycles. The molecule has 1 N–H and O–H groups in total. The van der Waals surface area contributed by atoms with E-state index in [-0.39, 0.29) is 10.8 Å². The van der Waals surface area contributed by atoms with Crippen molar-refractivity contribution in [3.63, 3.8) is 0 Å². The minimum atomic E-state index is -0.494. The third-order valence-electron chi connectivity index (χ3n) is 1.74. The van der Waals surface area contributed by atoms with Gasteiger partial charge < -0.3 is 9.84 Å². The van der Waals surface area contributed by atoms with Crippen LogP contribution in [0.2, 0.25) is 5.02 Å². The molecule has 2 aromatic rings. The summed E-state index contributed by atoms with van der Waals surface area (Å²) in [7, 11) is 0. The number of hydrogen-bond donors (Lipinski definition) is 1. The van der Waals surface area contributed by atoms with E-state index < -0.39 is 5.82 Å². The number of nitrogens with one attached hydrogen (secondary N) is 1. The maximum atomic E-state index is 13.2. The third kappa shape index (κ3) is 2.44. The summed E-state index contributed by atoms with van der Waals surface area (Å²) in [5, 5.41) is 6.70. The average molecular weight is 228 g/mol. The molecule has 0 fully saturated rings. The highest BCUT2D eigenvalue weighted by atomic mass is 35.5. The number of aromatic nitrogens is 2. The molecule has 0 spiro atoms. The standard InChI is InChI=1S/C9H7ClFN3O/c10-6-3-8(11)9(12-4-6)13-5-7-1-2-15-14-7/h1-4H,5H2,(H,12,13). The lowest BCUT2D eigenvalue weighted by atomic mass is 10.4. The Morgan fingerprint density at radius 2 is 2.40 bits per heavy atom. The first kappa shape index (κ1) is 9.92. The van der Waals surface area contributed by atoms with Crippen LogP contribution in [0.25, 0.3) is 0 Å². The van der Waals surface area contributed by atoms with Gasteiger partial charge in [0.25, 0.3) is 0 Å². The van der Waals surface area contributed by atoms with E-state index in [1.807, 2.05) is 0 Å². The smallest absolute Gasteiger partial charge is 0.166 e. The van der Waals surface area contributed by atoms with Gasteiger partial charge in [0.15, 0.2) is 11.6 Å². The summed E-state index contributed by atoms with van der Waals surface area (Å²) in [6.45, 7) is 0.349. The van der Waals surface area contributed by atoms with Gasteiger partial charge in [-0.1, -0.05) is 16.8 Å². The molecule has 15 heavy (non-hydrogen) atoms. The van der Waals surface area contributed by atoms with E-state index in [1.54, 1.807) is 6.07 Å². The summed E-state index contributed by atoms with van der Waals surface area (Å²) in [4.78, 5) is 3.80. The lowest BCUT2D eigenvalue weighted by Crippen LogP contribution is -2.03. The molecule has 0 amide bonds. The first-order valence-corrected chi connectivity index (χ1v) is 4.57. The molecule has 0 aromatic carbocycles. The van der Waals surface area contributed by atoms with Gasteiger partial charge in [-0.15, -0.1) is 0 Å². The first-order valence-electron chi connectivity index (χ1n) is 4.20. The third-order valence-corrected chi connectivity index (χ3v) is 1.94. The SMILES string of the molecule is Fc1cc(Cl)cnc1NCc1ccon1. The van der Waals surface area contributed by atoms with Crippen molar-refractivity contribution in [3.8, 4) is 0 Å². The van der Waals surface area contributed by atoms with Crippen LogP contribution in [0.1, 0.15) is 5.69 Å². The Bertz CT molecular complexity index is 447. The number of pyridine rings is 1. The van der Waals surface area contributed by atoms with Crippen LogP contribution in [0.4, 0.5) is 10.2 Å². The molecule has 0 aliphatic heterocycles. The second-order valence-corrected chi connectivity index (χ2v) is 3.26. The zero-order valence-corrected chi connectivity index (χ0v) is 8.33. The number of nitrogens with zero attached hydrogens (tertiary/aromatic N) is 2. The molecule has 2 heterocycles. The van der Waals surface area contributed by atoms with Crippen LogP contribution < -0.4 is 5.32 Å². The van der Waals surface area contributed by atoms with Gasteiger partial charge in [0.05, 0.1) is 11.6 Å². The normalized spacial score (nSPS) is 10.3. The summed E-state index contributed by atoms with van der Waals surface area (Å²) in [6, 6.07) is 2.88. The molecule has 0 atom stereocenters. The Kier molecular flexibility index (Phi) is 2.82. The predicted octanol–water partition coefficient (Wildman–Crippen LogP) is 2.47. The van der Waals surface area contributed by atoms with E-state index in [1.165, 1.54) is 18.5 Å². The van der Waals surface area contributed by atoms with Crippen molar-refractivity contribution < 1.29 is 8.91 Å². The van der Waals surface area contributed by atoms with Crippen LogP contribution in [-0.2, 0) is 6.54 Å². The summed E-state index contributed by atoms with van der Waals surface area (Å²) in [5.41, 5.74) is 0.672. The molecule has 0 unspecified atom stereocenters. The van der Waals surface area contributed by atoms with Crippen molar-refractivity contribution in [2.45, 2.75) is 6.54 Å². The molecule has 2 aromatic heterocycles. The molecular weight excluding hydrogens is 221 g/mol. The van der Waals surface area contributed by atoms with Crippen molar-refractivity contribution in [3.05, 3.63) is 41.1 Å². The molecule has 6 heteroatoms. The fourth-order valence-electron chi connectivity index (χ4n) is 1.05. The quantitative estimate of drug-likeness (QED) is 0.875. The molecule has 4 nitrogen and oxygen atoms in total. The summed E-state index contributed by atoms with van der Waals surface area (Å²) >= 11 is 5.56. The Labute approximate surface area is 90.1 Å². The zero-order valence-electron chi connectivity index (χ0n) is 7.58. The Balaban J connectivity index is 2.05. The minimum absolute atomic E-state index is 0.141. The number of hydrogen-bond acceptors (Lipinski definition) is 4. The van der Waals surface area contributed by atoms with Gasteiger partial charge in [0.2, 0.25) is 0 Å². The van der Waals surface area contributed by atoms with Crippen molar-refractivity contribution in [2.24, 2.45) is 0 Å². The van der Waals surface area contributed by atoms with Crippen LogP contribution in [0.15, 0.2) is 29.1 Å². The highest BCUT2D eigenvalue weighted by Crippen LogP contribution is 2.15.